The number of likely N-dealkylation sites (N-methyl/N-ethyl adjacent to an activating group) is 1. The van der Waals surface area contributed by atoms with Crippen LogP contribution in [0, 0.1) is 6.92 Å². The number of hydrogen-bond donors (Lipinski definition) is 0. The second kappa shape index (κ2) is 5.64. The van der Waals surface area contributed by atoms with Crippen LogP contribution in [0.1, 0.15) is 28.4 Å². The van der Waals surface area contributed by atoms with Crippen LogP contribution < -0.4 is 9.64 Å². The molecule has 0 fully saturated rings. The Morgan fingerprint density at radius 1 is 1.05 bits per heavy atom. The molecule has 2 aromatic carbocycles. The zero-order valence-electron chi connectivity index (χ0n) is 12.6. The van der Waals surface area contributed by atoms with Crippen LogP contribution in [0.3, 0.4) is 0 Å². The van der Waals surface area contributed by atoms with E-state index in [9.17, 15) is 9.59 Å². The Labute approximate surface area is 129 Å². The molecule has 3 rings (SSSR count). The summed E-state index contributed by atoms with van der Waals surface area (Å²) in [7, 11) is 0. The van der Waals surface area contributed by atoms with Gasteiger partial charge in [0.15, 0.2) is 0 Å². The quantitative estimate of drug-likeness (QED) is 0.814. The van der Waals surface area contributed by atoms with Gasteiger partial charge in [-0.05, 0) is 37.6 Å². The average molecular weight is 295 g/mol. The summed E-state index contributed by atoms with van der Waals surface area (Å²) in [6.45, 7) is 4.80. The van der Waals surface area contributed by atoms with Crippen molar-refractivity contribution in [2.45, 2.75) is 20.5 Å². The highest BCUT2D eigenvalue weighted by Crippen LogP contribution is 2.32. The van der Waals surface area contributed by atoms with Gasteiger partial charge in [-0.15, -0.1) is 0 Å². The van der Waals surface area contributed by atoms with E-state index in [2.05, 4.69) is 0 Å². The molecule has 1 heterocycles. The lowest BCUT2D eigenvalue weighted by Crippen LogP contribution is -2.29. The van der Waals surface area contributed by atoms with Gasteiger partial charge >= 0.3 is 0 Å². The molecule has 0 unspecified atom stereocenters. The van der Waals surface area contributed by atoms with Gasteiger partial charge in [0.1, 0.15) is 12.4 Å². The zero-order chi connectivity index (χ0) is 15.7. The van der Waals surface area contributed by atoms with Crippen molar-refractivity contribution >= 4 is 17.4 Å². The minimum atomic E-state index is -0.465. The number of aryl methyl sites for hydroxylation is 1. The maximum atomic E-state index is 12.0. The standard InChI is InChI=1S/C18H17NO3/c1-3-19-16-9-8-14(10-15(16)17(20)18(19)21)22-11-13-6-4-12(2)5-7-13/h4-10H,3,11H2,1-2H3. The Bertz CT molecular complexity index is 734. The molecule has 0 saturated carbocycles. The summed E-state index contributed by atoms with van der Waals surface area (Å²) in [5.41, 5.74) is 3.35. The van der Waals surface area contributed by atoms with E-state index < -0.39 is 11.7 Å². The van der Waals surface area contributed by atoms with Crippen LogP contribution in [0.15, 0.2) is 42.5 Å². The van der Waals surface area contributed by atoms with Crippen molar-refractivity contribution in [2.24, 2.45) is 0 Å². The van der Waals surface area contributed by atoms with Crippen molar-refractivity contribution in [3.8, 4) is 5.75 Å². The molecular formula is C18H17NO3. The lowest BCUT2D eigenvalue weighted by atomic mass is 10.1. The van der Waals surface area contributed by atoms with E-state index in [0.717, 1.165) is 5.56 Å². The van der Waals surface area contributed by atoms with E-state index in [4.69, 9.17) is 4.74 Å². The van der Waals surface area contributed by atoms with Gasteiger partial charge in [-0.2, -0.15) is 0 Å². The summed E-state index contributed by atoms with van der Waals surface area (Å²) in [4.78, 5) is 25.3. The monoisotopic (exact) mass is 295 g/mol. The molecule has 0 radical (unpaired) electrons. The van der Waals surface area contributed by atoms with E-state index in [-0.39, 0.29) is 0 Å². The Hall–Kier alpha value is -2.62. The number of carbonyl (C=O) groups is 2. The first kappa shape index (κ1) is 14.3. The molecule has 4 nitrogen and oxygen atoms in total. The highest BCUT2D eigenvalue weighted by Gasteiger charge is 2.34. The first-order valence-electron chi connectivity index (χ1n) is 7.28. The molecule has 0 saturated heterocycles. The fraction of sp³-hybridized carbons (Fsp3) is 0.222. The molecule has 0 aromatic heterocycles. The maximum Gasteiger partial charge on any atom is 0.299 e. The number of carbonyl (C=O) groups excluding carboxylic acids is 2. The molecule has 2 aromatic rings. The number of nitrogens with zero attached hydrogens (tertiary/aromatic N) is 1. The number of rotatable bonds is 4. The number of ketones is 1. The fourth-order valence-electron chi connectivity index (χ4n) is 2.53. The topological polar surface area (TPSA) is 46.6 Å². The minimum Gasteiger partial charge on any atom is -0.489 e. The summed E-state index contributed by atoms with van der Waals surface area (Å²) in [6.07, 6.45) is 0. The van der Waals surface area contributed by atoms with Crippen molar-refractivity contribution in [3.63, 3.8) is 0 Å². The molecule has 0 aliphatic carbocycles. The fourth-order valence-corrected chi connectivity index (χ4v) is 2.53. The molecule has 0 N–H and O–H groups in total. The van der Waals surface area contributed by atoms with Crippen LogP contribution in [-0.4, -0.2) is 18.2 Å². The van der Waals surface area contributed by atoms with Gasteiger partial charge in [-0.3, -0.25) is 9.59 Å². The number of fused-ring (bicyclic) bond motifs is 1. The number of Topliss-reactive ketones (excluding diaryl/α,β-unsaturated/α-hetero) is 1. The van der Waals surface area contributed by atoms with E-state index >= 15 is 0 Å². The van der Waals surface area contributed by atoms with E-state index in [0.29, 0.717) is 30.2 Å². The first-order valence-corrected chi connectivity index (χ1v) is 7.28. The van der Waals surface area contributed by atoms with Crippen LogP contribution in [0.4, 0.5) is 5.69 Å². The van der Waals surface area contributed by atoms with Gasteiger partial charge in [0.2, 0.25) is 0 Å². The lowest BCUT2D eigenvalue weighted by Gasteiger charge is -2.13. The Morgan fingerprint density at radius 2 is 1.77 bits per heavy atom. The molecule has 22 heavy (non-hydrogen) atoms. The van der Waals surface area contributed by atoms with Crippen molar-refractivity contribution < 1.29 is 14.3 Å². The zero-order valence-corrected chi connectivity index (χ0v) is 12.6. The molecule has 1 aliphatic rings. The van der Waals surface area contributed by atoms with Crippen LogP contribution in [0.25, 0.3) is 0 Å². The smallest absolute Gasteiger partial charge is 0.299 e. The third-order valence-corrected chi connectivity index (χ3v) is 3.79. The summed E-state index contributed by atoms with van der Waals surface area (Å²) < 4.78 is 5.73. The highest BCUT2D eigenvalue weighted by molar-refractivity contribution is 6.52. The predicted octanol–water partition coefficient (Wildman–Crippen LogP) is 3.12. The van der Waals surface area contributed by atoms with Crippen molar-refractivity contribution in [3.05, 3.63) is 59.2 Å². The van der Waals surface area contributed by atoms with Gasteiger partial charge in [-0.1, -0.05) is 29.8 Å². The third kappa shape index (κ3) is 2.48. The number of amides is 1. The van der Waals surface area contributed by atoms with Gasteiger partial charge in [0.25, 0.3) is 11.7 Å². The largest absolute Gasteiger partial charge is 0.489 e. The van der Waals surface area contributed by atoms with Gasteiger partial charge < -0.3 is 9.64 Å². The number of hydrogen-bond acceptors (Lipinski definition) is 3. The Balaban J connectivity index is 1.78. The molecule has 1 amide bonds. The molecule has 4 heteroatoms. The predicted molar refractivity (Wildman–Crippen MR) is 84.3 cm³/mol. The number of ether oxygens (including phenoxy) is 1. The lowest BCUT2D eigenvalue weighted by molar-refractivity contribution is -0.114. The molecule has 1 aliphatic heterocycles. The van der Waals surface area contributed by atoms with Crippen molar-refractivity contribution in [1.29, 1.82) is 0 Å². The Kier molecular flexibility index (Phi) is 3.67. The normalized spacial score (nSPS) is 13.5. The minimum absolute atomic E-state index is 0.424. The van der Waals surface area contributed by atoms with Gasteiger partial charge in [0.05, 0.1) is 11.3 Å². The molecule has 0 atom stereocenters. The van der Waals surface area contributed by atoms with E-state index in [1.54, 1.807) is 18.2 Å². The summed E-state index contributed by atoms with van der Waals surface area (Å²) in [6, 6.07) is 13.3. The summed E-state index contributed by atoms with van der Waals surface area (Å²) >= 11 is 0. The highest BCUT2D eigenvalue weighted by atomic mass is 16.5. The van der Waals surface area contributed by atoms with Crippen LogP contribution in [-0.2, 0) is 11.4 Å². The van der Waals surface area contributed by atoms with Crippen LogP contribution in [0.5, 0.6) is 5.75 Å². The second-order valence-electron chi connectivity index (χ2n) is 5.33. The molecule has 112 valence electrons. The van der Waals surface area contributed by atoms with E-state index in [1.807, 2.05) is 38.1 Å². The number of anilines is 1. The average Bonchev–Trinajstić information content (AvgIpc) is 2.78. The maximum absolute atomic E-state index is 12.0. The molecule has 0 spiro atoms. The van der Waals surface area contributed by atoms with Crippen LogP contribution >= 0.6 is 0 Å². The Morgan fingerprint density at radius 3 is 2.45 bits per heavy atom. The molecular weight excluding hydrogens is 278 g/mol. The summed E-state index contributed by atoms with van der Waals surface area (Å²) in [5, 5.41) is 0. The number of benzene rings is 2. The first-order chi connectivity index (χ1) is 10.6. The summed E-state index contributed by atoms with van der Waals surface area (Å²) in [5.74, 6) is -0.329. The van der Waals surface area contributed by atoms with Crippen molar-refractivity contribution in [1.82, 2.24) is 0 Å². The van der Waals surface area contributed by atoms with Crippen molar-refractivity contribution in [2.75, 3.05) is 11.4 Å². The van der Waals surface area contributed by atoms with Crippen LogP contribution in [0.2, 0.25) is 0 Å². The SMILES string of the molecule is CCN1C(=O)C(=O)c2cc(OCc3ccc(C)cc3)ccc21. The van der Waals surface area contributed by atoms with E-state index in [1.165, 1.54) is 10.5 Å². The second-order valence-corrected chi connectivity index (χ2v) is 5.33. The van der Waals surface area contributed by atoms with Gasteiger partial charge in [0, 0.05) is 6.54 Å². The third-order valence-electron chi connectivity index (χ3n) is 3.79. The molecule has 0 bridgehead atoms. The van der Waals surface area contributed by atoms with Gasteiger partial charge in [-0.25, -0.2) is 0 Å².